The minimum atomic E-state index is -3.11. The minimum absolute atomic E-state index is 0.00991. The van der Waals surface area contributed by atoms with Crippen molar-refractivity contribution in [3.8, 4) is 0 Å². The monoisotopic (exact) mass is 305 g/mol. The Kier molecular flexibility index (Phi) is 5.57. The fourth-order valence-corrected chi connectivity index (χ4v) is 3.28. The van der Waals surface area contributed by atoms with E-state index in [4.69, 9.17) is 0 Å². The number of nitrogens with one attached hydrogen (secondary N) is 1. The molecule has 0 radical (unpaired) electrons. The van der Waals surface area contributed by atoms with Gasteiger partial charge in [0.1, 0.15) is 0 Å². The zero-order chi connectivity index (χ0) is 15.6. The van der Waals surface area contributed by atoms with Crippen molar-refractivity contribution in [1.82, 2.24) is 14.5 Å². The molecular formula is C13H27N3O3S. The highest BCUT2D eigenvalue weighted by Gasteiger charge is 2.30. The van der Waals surface area contributed by atoms with Crippen LogP contribution in [0.2, 0.25) is 0 Å². The first kappa shape index (κ1) is 17.4. The highest BCUT2D eigenvalue weighted by molar-refractivity contribution is 7.89. The Balaban J connectivity index is 2.55. The molecule has 1 unspecified atom stereocenters. The van der Waals surface area contributed by atoms with Crippen LogP contribution in [0, 0.1) is 0 Å². The molecule has 0 aliphatic carbocycles. The quantitative estimate of drug-likeness (QED) is 0.809. The van der Waals surface area contributed by atoms with E-state index >= 15 is 0 Å². The van der Waals surface area contributed by atoms with E-state index in [1.165, 1.54) is 4.31 Å². The second-order valence-corrected chi connectivity index (χ2v) is 8.51. The molecule has 0 spiro atoms. The summed E-state index contributed by atoms with van der Waals surface area (Å²) < 4.78 is 25.1. The SMILES string of the molecule is CCS(=O)(=O)N1CCN(C(C)C(=O)NC(C)(C)C)CC1. The van der Waals surface area contributed by atoms with Crippen molar-refractivity contribution >= 4 is 15.9 Å². The summed E-state index contributed by atoms with van der Waals surface area (Å²) in [6.45, 7) is 11.5. The van der Waals surface area contributed by atoms with Gasteiger partial charge in [-0.1, -0.05) is 0 Å². The summed E-state index contributed by atoms with van der Waals surface area (Å²) in [6, 6.07) is -0.235. The fraction of sp³-hybridized carbons (Fsp3) is 0.923. The Bertz CT molecular complexity index is 434. The van der Waals surface area contributed by atoms with E-state index in [9.17, 15) is 13.2 Å². The van der Waals surface area contributed by atoms with Gasteiger partial charge in [0.05, 0.1) is 11.8 Å². The lowest BCUT2D eigenvalue weighted by Gasteiger charge is -2.37. The second-order valence-electron chi connectivity index (χ2n) is 6.25. The van der Waals surface area contributed by atoms with Crippen molar-refractivity contribution in [2.45, 2.75) is 46.2 Å². The van der Waals surface area contributed by atoms with Gasteiger partial charge in [-0.25, -0.2) is 8.42 Å². The second kappa shape index (κ2) is 6.41. The summed E-state index contributed by atoms with van der Waals surface area (Å²) in [5.74, 6) is 0.122. The summed E-state index contributed by atoms with van der Waals surface area (Å²) in [6.07, 6.45) is 0. The van der Waals surface area contributed by atoms with Crippen LogP contribution in [0.15, 0.2) is 0 Å². The molecule has 1 N–H and O–H groups in total. The maximum absolute atomic E-state index is 12.1. The lowest BCUT2D eigenvalue weighted by Crippen LogP contribution is -2.57. The third-order valence-electron chi connectivity index (χ3n) is 3.46. The van der Waals surface area contributed by atoms with Crippen molar-refractivity contribution < 1.29 is 13.2 Å². The van der Waals surface area contributed by atoms with Gasteiger partial charge in [0.2, 0.25) is 15.9 Å². The van der Waals surface area contributed by atoms with Gasteiger partial charge in [-0.2, -0.15) is 4.31 Å². The Morgan fingerprint density at radius 3 is 2.10 bits per heavy atom. The number of amides is 1. The van der Waals surface area contributed by atoms with Gasteiger partial charge in [-0.05, 0) is 34.6 Å². The number of piperazine rings is 1. The fourth-order valence-electron chi connectivity index (χ4n) is 2.19. The Hall–Kier alpha value is -0.660. The molecule has 7 heteroatoms. The molecule has 6 nitrogen and oxygen atoms in total. The van der Waals surface area contributed by atoms with E-state index < -0.39 is 10.0 Å². The molecule has 1 amide bonds. The number of hydrogen-bond acceptors (Lipinski definition) is 4. The molecule has 0 aromatic heterocycles. The zero-order valence-corrected chi connectivity index (χ0v) is 14.0. The number of rotatable bonds is 4. The number of sulfonamides is 1. The lowest BCUT2D eigenvalue weighted by atomic mass is 10.1. The molecule has 1 heterocycles. The van der Waals surface area contributed by atoms with Gasteiger partial charge < -0.3 is 5.32 Å². The highest BCUT2D eigenvalue weighted by atomic mass is 32.2. The molecule has 1 aliphatic rings. The van der Waals surface area contributed by atoms with Gasteiger partial charge in [-0.3, -0.25) is 9.69 Å². The van der Waals surface area contributed by atoms with Crippen molar-refractivity contribution in [3.05, 3.63) is 0 Å². The molecule has 1 atom stereocenters. The van der Waals surface area contributed by atoms with Crippen molar-refractivity contribution in [1.29, 1.82) is 0 Å². The first-order chi connectivity index (χ1) is 9.07. The van der Waals surface area contributed by atoms with E-state index in [1.807, 2.05) is 32.6 Å². The van der Waals surface area contributed by atoms with Crippen LogP contribution in [0.5, 0.6) is 0 Å². The molecular weight excluding hydrogens is 278 g/mol. The molecule has 118 valence electrons. The standard InChI is InChI=1S/C13H27N3O3S/c1-6-20(18,19)16-9-7-15(8-10-16)11(2)12(17)14-13(3,4)5/h11H,6-10H2,1-5H3,(H,14,17). The third-order valence-corrected chi connectivity index (χ3v) is 5.34. The molecule has 1 rings (SSSR count). The normalized spacial score (nSPS) is 20.6. The van der Waals surface area contributed by atoms with Crippen molar-refractivity contribution in [2.75, 3.05) is 31.9 Å². The van der Waals surface area contributed by atoms with Crippen molar-refractivity contribution in [2.24, 2.45) is 0 Å². The van der Waals surface area contributed by atoms with E-state index in [-0.39, 0.29) is 23.2 Å². The van der Waals surface area contributed by atoms with E-state index in [0.717, 1.165) is 0 Å². The van der Waals surface area contributed by atoms with Gasteiger partial charge >= 0.3 is 0 Å². The van der Waals surface area contributed by atoms with Crippen LogP contribution in [0.25, 0.3) is 0 Å². The molecule has 0 bridgehead atoms. The maximum atomic E-state index is 12.1. The minimum Gasteiger partial charge on any atom is -0.350 e. The van der Waals surface area contributed by atoms with Gasteiger partial charge in [0, 0.05) is 31.7 Å². The van der Waals surface area contributed by atoms with Crippen LogP contribution >= 0.6 is 0 Å². The molecule has 20 heavy (non-hydrogen) atoms. The van der Waals surface area contributed by atoms with Crippen LogP contribution in [-0.2, 0) is 14.8 Å². The maximum Gasteiger partial charge on any atom is 0.237 e. The summed E-state index contributed by atoms with van der Waals surface area (Å²) in [5.41, 5.74) is -0.251. The predicted molar refractivity (Wildman–Crippen MR) is 80.0 cm³/mol. The van der Waals surface area contributed by atoms with E-state index in [1.54, 1.807) is 6.92 Å². The Morgan fingerprint density at radius 2 is 1.70 bits per heavy atom. The third kappa shape index (κ3) is 4.71. The van der Waals surface area contributed by atoms with E-state index in [2.05, 4.69) is 5.32 Å². The van der Waals surface area contributed by atoms with Crippen LogP contribution in [0.1, 0.15) is 34.6 Å². The number of carbonyl (C=O) groups is 1. The first-order valence-corrected chi connectivity index (χ1v) is 8.71. The van der Waals surface area contributed by atoms with Gasteiger partial charge in [0.25, 0.3) is 0 Å². The average Bonchev–Trinajstić information content (AvgIpc) is 2.36. The molecule has 0 aromatic rings. The van der Waals surface area contributed by atoms with Crippen LogP contribution in [-0.4, -0.2) is 67.0 Å². The topological polar surface area (TPSA) is 69.7 Å². The average molecular weight is 305 g/mol. The number of nitrogens with zero attached hydrogens (tertiary/aromatic N) is 2. The van der Waals surface area contributed by atoms with Gasteiger partial charge in [-0.15, -0.1) is 0 Å². The van der Waals surface area contributed by atoms with Crippen LogP contribution in [0.3, 0.4) is 0 Å². The Morgan fingerprint density at radius 1 is 1.20 bits per heavy atom. The van der Waals surface area contributed by atoms with Gasteiger partial charge in [0.15, 0.2) is 0 Å². The van der Waals surface area contributed by atoms with Crippen molar-refractivity contribution in [3.63, 3.8) is 0 Å². The highest BCUT2D eigenvalue weighted by Crippen LogP contribution is 2.11. The number of carbonyl (C=O) groups excluding carboxylic acids is 1. The van der Waals surface area contributed by atoms with Crippen LogP contribution < -0.4 is 5.32 Å². The molecule has 0 saturated carbocycles. The number of hydrogen-bond donors (Lipinski definition) is 1. The summed E-state index contributed by atoms with van der Waals surface area (Å²) >= 11 is 0. The molecule has 0 aromatic carbocycles. The summed E-state index contributed by atoms with van der Waals surface area (Å²) in [7, 11) is -3.11. The summed E-state index contributed by atoms with van der Waals surface area (Å²) in [5, 5.41) is 2.96. The predicted octanol–water partition coefficient (Wildman–Crippen LogP) is 0.257. The lowest BCUT2D eigenvalue weighted by molar-refractivity contribution is -0.127. The smallest absolute Gasteiger partial charge is 0.237 e. The molecule has 1 aliphatic heterocycles. The van der Waals surface area contributed by atoms with E-state index in [0.29, 0.717) is 26.2 Å². The largest absolute Gasteiger partial charge is 0.350 e. The first-order valence-electron chi connectivity index (χ1n) is 7.10. The molecule has 1 saturated heterocycles. The zero-order valence-electron chi connectivity index (χ0n) is 13.1. The van der Waals surface area contributed by atoms with Crippen LogP contribution in [0.4, 0.5) is 0 Å². The Labute approximate surface area is 122 Å². The molecule has 1 fully saturated rings. The summed E-state index contributed by atoms with van der Waals surface area (Å²) in [4.78, 5) is 14.1.